The van der Waals surface area contributed by atoms with Crippen molar-refractivity contribution in [3.8, 4) is 0 Å². The molecule has 3 nitrogen and oxygen atoms in total. The Morgan fingerprint density at radius 3 is 2.54 bits per heavy atom. The first-order chi connectivity index (χ1) is 6.29. The van der Waals surface area contributed by atoms with Gasteiger partial charge in [-0.05, 0) is 20.9 Å². The van der Waals surface area contributed by atoms with Gasteiger partial charge in [0.05, 0.1) is 6.54 Å². The molecule has 0 aliphatic carbocycles. The highest BCUT2D eigenvalue weighted by Gasteiger charge is 2.02. The van der Waals surface area contributed by atoms with Crippen molar-refractivity contribution in [1.29, 1.82) is 0 Å². The van der Waals surface area contributed by atoms with Crippen LogP contribution in [0.4, 0.5) is 0 Å². The van der Waals surface area contributed by atoms with Gasteiger partial charge in [0.1, 0.15) is 5.82 Å². The normalized spacial score (nSPS) is 9.31. The van der Waals surface area contributed by atoms with Gasteiger partial charge in [-0.3, -0.25) is 0 Å². The molecule has 0 fully saturated rings. The lowest BCUT2D eigenvalue weighted by Gasteiger charge is -2.05. The molecule has 0 saturated heterocycles. The molecule has 0 aliphatic heterocycles. The van der Waals surface area contributed by atoms with E-state index in [2.05, 4.69) is 28.7 Å². The summed E-state index contributed by atoms with van der Waals surface area (Å²) >= 11 is 0. The monoisotopic (exact) mass is 183 g/mol. The second kappa shape index (κ2) is 6.66. The predicted octanol–water partition coefficient (Wildman–Crippen LogP) is 1.96. The van der Waals surface area contributed by atoms with E-state index in [4.69, 9.17) is 0 Å². The Morgan fingerprint density at radius 2 is 2.08 bits per heavy atom. The van der Waals surface area contributed by atoms with Gasteiger partial charge < -0.3 is 9.88 Å². The van der Waals surface area contributed by atoms with Gasteiger partial charge in [-0.15, -0.1) is 0 Å². The molecule has 1 aromatic heterocycles. The minimum atomic E-state index is 0.849. The van der Waals surface area contributed by atoms with Gasteiger partial charge in [-0.1, -0.05) is 13.8 Å². The number of imidazole rings is 1. The van der Waals surface area contributed by atoms with Crippen molar-refractivity contribution in [3.05, 3.63) is 17.7 Å². The van der Waals surface area contributed by atoms with Crippen LogP contribution in [0, 0.1) is 6.92 Å². The molecule has 0 unspecified atom stereocenters. The van der Waals surface area contributed by atoms with E-state index in [1.54, 1.807) is 0 Å². The largest absolute Gasteiger partial charge is 0.332 e. The molecule has 1 N–H and O–H groups in total. The fourth-order valence-electron chi connectivity index (χ4n) is 1.24. The third-order valence-corrected chi connectivity index (χ3v) is 1.79. The van der Waals surface area contributed by atoms with E-state index in [9.17, 15) is 0 Å². The van der Waals surface area contributed by atoms with Crippen LogP contribution in [0.15, 0.2) is 6.20 Å². The van der Waals surface area contributed by atoms with Crippen molar-refractivity contribution < 1.29 is 0 Å². The Hall–Kier alpha value is -0.830. The van der Waals surface area contributed by atoms with E-state index < -0.39 is 0 Å². The number of hydrogen-bond acceptors (Lipinski definition) is 2. The Kier molecular flexibility index (Phi) is 6.24. The van der Waals surface area contributed by atoms with Crippen LogP contribution < -0.4 is 5.32 Å². The lowest BCUT2D eigenvalue weighted by Crippen LogP contribution is -2.12. The third kappa shape index (κ3) is 3.19. The van der Waals surface area contributed by atoms with Crippen molar-refractivity contribution in [1.82, 2.24) is 14.9 Å². The van der Waals surface area contributed by atoms with E-state index in [0.29, 0.717) is 0 Å². The first-order valence-corrected chi connectivity index (χ1v) is 4.95. The maximum Gasteiger partial charge on any atom is 0.122 e. The topological polar surface area (TPSA) is 29.9 Å². The quantitative estimate of drug-likeness (QED) is 0.776. The van der Waals surface area contributed by atoms with Crippen LogP contribution in [-0.2, 0) is 13.1 Å². The Bertz CT molecular complexity index is 228. The van der Waals surface area contributed by atoms with E-state index in [0.717, 1.165) is 18.9 Å². The van der Waals surface area contributed by atoms with Crippen molar-refractivity contribution >= 4 is 0 Å². The standard InChI is InChI=1S/C8H15N3.C2H6/c1-4-11-7(2)5-10-8(11)6-9-3;1-2/h5,9H,4,6H2,1-3H3;1-2H3. The number of rotatable bonds is 3. The number of aromatic nitrogens is 2. The molecule has 0 bridgehead atoms. The first kappa shape index (κ1) is 12.2. The Morgan fingerprint density at radius 1 is 1.46 bits per heavy atom. The second-order valence-corrected chi connectivity index (χ2v) is 2.59. The molecule has 0 aliphatic rings. The van der Waals surface area contributed by atoms with E-state index in [-0.39, 0.29) is 0 Å². The molecule has 1 rings (SSSR count). The highest BCUT2D eigenvalue weighted by molar-refractivity contribution is 5.02. The fourth-order valence-corrected chi connectivity index (χ4v) is 1.24. The minimum absolute atomic E-state index is 0.849. The molecule has 1 heterocycles. The van der Waals surface area contributed by atoms with Gasteiger partial charge in [0.25, 0.3) is 0 Å². The van der Waals surface area contributed by atoms with Crippen molar-refractivity contribution in [2.75, 3.05) is 7.05 Å². The molecule has 3 heteroatoms. The van der Waals surface area contributed by atoms with Crippen LogP contribution in [0.3, 0.4) is 0 Å². The van der Waals surface area contributed by atoms with Crippen LogP contribution in [0.1, 0.15) is 32.3 Å². The summed E-state index contributed by atoms with van der Waals surface area (Å²) in [5.74, 6) is 1.12. The van der Waals surface area contributed by atoms with Gasteiger partial charge in [-0.25, -0.2) is 4.98 Å². The number of aryl methyl sites for hydroxylation is 1. The third-order valence-electron chi connectivity index (χ3n) is 1.79. The second-order valence-electron chi connectivity index (χ2n) is 2.59. The molecular formula is C10H21N3. The van der Waals surface area contributed by atoms with Crippen molar-refractivity contribution in [2.45, 2.75) is 40.8 Å². The lowest BCUT2D eigenvalue weighted by atomic mass is 10.5. The Labute approximate surface area is 81.2 Å². The molecule has 0 saturated carbocycles. The SMILES string of the molecule is CC.CCn1c(C)cnc1CNC. The zero-order chi connectivity index (χ0) is 10.3. The summed E-state index contributed by atoms with van der Waals surface area (Å²) < 4.78 is 2.20. The van der Waals surface area contributed by atoms with E-state index >= 15 is 0 Å². The fraction of sp³-hybridized carbons (Fsp3) is 0.700. The maximum atomic E-state index is 4.28. The molecule has 0 amide bonds. The first-order valence-electron chi connectivity index (χ1n) is 4.95. The lowest BCUT2D eigenvalue weighted by molar-refractivity contribution is 0.645. The minimum Gasteiger partial charge on any atom is -0.332 e. The summed E-state index contributed by atoms with van der Waals surface area (Å²) in [5.41, 5.74) is 1.23. The van der Waals surface area contributed by atoms with E-state index in [1.165, 1.54) is 5.69 Å². The maximum absolute atomic E-state index is 4.28. The number of nitrogens with zero attached hydrogens (tertiary/aromatic N) is 2. The smallest absolute Gasteiger partial charge is 0.122 e. The van der Waals surface area contributed by atoms with Gasteiger partial charge in [0.2, 0.25) is 0 Å². The van der Waals surface area contributed by atoms with E-state index in [1.807, 2.05) is 27.1 Å². The molecule has 0 aromatic carbocycles. The molecule has 13 heavy (non-hydrogen) atoms. The summed E-state index contributed by atoms with van der Waals surface area (Å²) in [5, 5.41) is 3.09. The van der Waals surface area contributed by atoms with Gasteiger partial charge in [-0.2, -0.15) is 0 Å². The zero-order valence-electron chi connectivity index (χ0n) is 9.39. The van der Waals surface area contributed by atoms with Crippen LogP contribution >= 0.6 is 0 Å². The molecule has 76 valence electrons. The highest BCUT2D eigenvalue weighted by atomic mass is 15.1. The van der Waals surface area contributed by atoms with Crippen LogP contribution in [0.25, 0.3) is 0 Å². The molecule has 0 spiro atoms. The van der Waals surface area contributed by atoms with Crippen LogP contribution in [0.2, 0.25) is 0 Å². The summed E-state index contributed by atoms with van der Waals surface area (Å²) in [6.45, 7) is 10.1. The summed E-state index contributed by atoms with van der Waals surface area (Å²) in [6, 6.07) is 0. The number of hydrogen-bond donors (Lipinski definition) is 1. The molecule has 0 radical (unpaired) electrons. The average molecular weight is 183 g/mol. The summed E-state index contributed by atoms with van der Waals surface area (Å²) in [4.78, 5) is 4.28. The van der Waals surface area contributed by atoms with Gasteiger partial charge in [0, 0.05) is 18.4 Å². The summed E-state index contributed by atoms with van der Waals surface area (Å²) in [6.07, 6.45) is 1.91. The molecular weight excluding hydrogens is 162 g/mol. The molecule has 1 aromatic rings. The molecule has 0 atom stereocenters. The van der Waals surface area contributed by atoms with Gasteiger partial charge >= 0.3 is 0 Å². The number of nitrogens with one attached hydrogen (secondary N) is 1. The van der Waals surface area contributed by atoms with Crippen molar-refractivity contribution in [3.63, 3.8) is 0 Å². The summed E-state index contributed by atoms with van der Waals surface area (Å²) in [7, 11) is 1.93. The highest BCUT2D eigenvalue weighted by Crippen LogP contribution is 2.02. The predicted molar refractivity (Wildman–Crippen MR) is 56.7 cm³/mol. The van der Waals surface area contributed by atoms with Crippen LogP contribution in [0.5, 0.6) is 0 Å². The zero-order valence-corrected chi connectivity index (χ0v) is 9.39. The van der Waals surface area contributed by atoms with Gasteiger partial charge in [0.15, 0.2) is 0 Å². The van der Waals surface area contributed by atoms with Crippen LogP contribution in [-0.4, -0.2) is 16.6 Å². The van der Waals surface area contributed by atoms with Crippen molar-refractivity contribution in [2.24, 2.45) is 0 Å². The Balaban J connectivity index is 0.000000671. The average Bonchev–Trinajstić information content (AvgIpc) is 2.51.